The first-order chi connectivity index (χ1) is 9.58. The summed E-state index contributed by atoms with van der Waals surface area (Å²) in [4.78, 5) is 22.8. The lowest BCUT2D eigenvalue weighted by Crippen LogP contribution is -2.39. The van der Waals surface area contributed by atoms with Crippen LogP contribution in [0.5, 0.6) is 0 Å². The van der Waals surface area contributed by atoms with E-state index in [4.69, 9.17) is 10.8 Å². The second-order valence-corrected chi connectivity index (χ2v) is 5.25. The summed E-state index contributed by atoms with van der Waals surface area (Å²) in [6, 6.07) is 6.75. The smallest absolute Gasteiger partial charge is 0.335 e. The zero-order valence-electron chi connectivity index (χ0n) is 11.3. The molecule has 0 aromatic heterocycles. The van der Waals surface area contributed by atoms with E-state index < -0.39 is 5.97 Å². The van der Waals surface area contributed by atoms with E-state index >= 15 is 0 Å². The van der Waals surface area contributed by atoms with Gasteiger partial charge in [-0.3, -0.25) is 4.79 Å². The summed E-state index contributed by atoms with van der Waals surface area (Å²) >= 11 is 0. The van der Waals surface area contributed by atoms with Crippen LogP contribution in [0.25, 0.3) is 0 Å². The molecule has 0 radical (unpaired) electrons. The van der Waals surface area contributed by atoms with Gasteiger partial charge in [-0.25, -0.2) is 4.79 Å². The van der Waals surface area contributed by atoms with E-state index in [9.17, 15) is 9.59 Å². The maximum absolute atomic E-state index is 11.9. The van der Waals surface area contributed by atoms with Crippen LogP contribution in [0.3, 0.4) is 0 Å². The maximum atomic E-state index is 11.9. The van der Waals surface area contributed by atoms with Crippen LogP contribution < -0.4 is 11.1 Å². The van der Waals surface area contributed by atoms with Gasteiger partial charge in [-0.1, -0.05) is 18.6 Å². The van der Waals surface area contributed by atoms with Crippen molar-refractivity contribution in [2.45, 2.75) is 31.7 Å². The van der Waals surface area contributed by atoms with Crippen LogP contribution >= 0.6 is 0 Å². The lowest BCUT2D eigenvalue weighted by atomic mass is 10.0. The van der Waals surface area contributed by atoms with E-state index in [1.54, 1.807) is 18.2 Å². The number of carbonyl (C=O) groups is 2. The van der Waals surface area contributed by atoms with Crippen molar-refractivity contribution in [3.8, 4) is 0 Å². The molecule has 1 amide bonds. The molecule has 1 aromatic carbocycles. The Bertz CT molecular complexity index is 502. The SMILES string of the molecule is NC1CCCC1C(=O)NCCc1cccc(C(=O)O)c1. The highest BCUT2D eigenvalue weighted by Crippen LogP contribution is 2.23. The molecule has 108 valence electrons. The lowest BCUT2D eigenvalue weighted by molar-refractivity contribution is -0.125. The van der Waals surface area contributed by atoms with Gasteiger partial charge >= 0.3 is 5.97 Å². The largest absolute Gasteiger partial charge is 0.478 e. The van der Waals surface area contributed by atoms with E-state index in [0.717, 1.165) is 24.8 Å². The number of hydrogen-bond acceptors (Lipinski definition) is 3. The Hall–Kier alpha value is -1.88. The molecule has 4 N–H and O–H groups in total. The standard InChI is InChI=1S/C15H20N2O3/c16-13-6-2-5-12(13)14(18)17-8-7-10-3-1-4-11(9-10)15(19)20/h1,3-4,9,12-13H,2,5-8,16H2,(H,17,18)(H,19,20). The van der Waals surface area contributed by atoms with Gasteiger partial charge in [-0.05, 0) is 37.0 Å². The summed E-state index contributed by atoms with van der Waals surface area (Å²) in [5.74, 6) is -0.988. The molecule has 1 fully saturated rings. The molecule has 1 aliphatic rings. The molecule has 0 bridgehead atoms. The lowest BCUT2D eigenvalue weighted by Gasteiger charge is -2.15. The van der Waals surface area contributed by atoms with Crippen molar-refractivity contribution < 1.29 is 14.7 Å². The van der Waals surface area contributed by atoms with Gasteiger partial charge in [-0.15, -0.1) is 0 Å². The molecule has 0 heterocycles. The fourth-order valence-electron chi connectivity index (χ4n) is 2.64. The Morgan fingerprint density at radius 2 is 2.15 bits per heavy atom. The van der Waals surface area contributed by atoms with Crippen molar-refractivity contribution >= 4 is 11.9 Å². The van der Waals surface area contributed by atoms with Crippen LogP contribution in [-0.2, 0) is 11.2 Å². The van der Waals surface area contributed by atoms with Crippen LogP contribution in [0.15, 0.2) is 24.3 Å². The Labute approximate surface area is 118 Å². The molecule has 2 rings (SSSR count). The molecule has 1 aliphatic carbocycles. The van der Waals surface area contributed by atoms with Gasteiger partial charge in [0.05, 0.1) is 11.5 Å². The van der Waals surface area contributed by atoms with Crippen LogP contribution in [0.1, 0.15) is 35.2 Å². The van der Waals surface area contributed by atoms with Crippen molar-refractivity contribution in [1.29, 1.82) is 0 Å². The molecular formula is C15H20N2O3. The summed E-state index contributed by atoms with van der Waals surface area (Å²) in [5, 5.41) is 11.8. The van der Waals surface area contributed by atoms with Gasteiger partial charge in [-0.2, -0.15) is 0 Å². The maximum Gasteiger partial charge on any atom is 0.335 e. The van der Waals surface area contributed by atoms with E-state index in [1.165, 1.54) is 0 Å². The highest BCUT2D eigenvalue weighted by molar-refractivity contribution is 5.87. The summed E-state index contributed by atoms with van der Waals surface area (Å²) < 4.78 is 0. The van der Waals surface area contributed by atoms with Gasteiger partial charge in [0, 0.05) is 12.6 Å². The number of rotatable bonds is 5. The molecule has 5 nitrogen and oxygen atoms in total. The number of nitrogens with two attached hydrogens (primary N) is 1. The molecule has 0 saturated heterocycles. The second kappa shape index (κ2) is 6.52. The molecular weight excluding hydrogens is 256 g/mol. The molecule has 5 heteroatoms. The van der Waals surface area contributed by atoms with E-state index in [0.29, 0.717) is 13.0 Å². The predicted octanol–water partition coefficient (Wildman–Crippen LogP) is 1.17. The zero-order chi connectivity index (χ0) is 14.5. The number of carboxylic acids is 1. The van der Waals surface area contributed by atoms with Gasteiger partial charge < -0.3 is 16.2 Å². The summed E-state index contributed by atoms with van der Waals surface area (Å²) in [5.41, 5.74) is 7.06. The van der Waals surface area contributed by atoms with Crippen molar-refractivity contribution in [3.63, 3.8) is 0 Å². The predicted molar refractivity (Wildman–Crippen MR) is 75.4 cm³/mol. The first kappa shape index (κ1) is 14.5. The first-order valence-electron chi connectivity index (χ1n) is 6.93. The number of nitrogens with one attached hydrogen (secondary N) is 1. The van der Waals surface area contributed by atoms with Gasteiger partial charge in [0.1, 0.15) is 0 Å². The normalized spacial score (nSPS) is 21.6. The molecule has 0 spiro atoms. The molecule has 2 unspecified atom stereocenters. The van der Waals surface area contributed by atoms with Crippen molar-refractivity contribution in [2.75, 3.05) is 6.54 Å². The van der Waals surface area contributed by atoms with Crippen LogP contribution in [-0.4, -0.2) is 29.6 Å². The third-order valence-electron chi connectivity index (χ3n) is 3.79. The third-order valence-corrected chi connectivity index (χ3v) is 3.79. The van der Waals surface area contributed by atoms with Crippen LogP contribution in [0, 0.1) is 5.92 Å². The average molecular weight is 276 g/mol. The van der Waals surface area contributed by atoms with Gasteiger partial charge in [0.2, 0.25) is 5.91 Å². The van der Waals surface area contributed by atoms with Crippen molar-refractivity contribution in [2.24, 2.45) is 11.7 Å². The Balaban J connectivity index is 1.82. The number of hydrogen-bond donors (Lipinski definition) is 3. The Morgan fingerprint density at radius 1 is 1.35 bits per heavy atom. The fraction of sp³-hybridized carbons (Fsp3) is 0.467. The zero-order valence-corrected chi connectivity index (χ0v) is 11.3. The summed E-state index contributed by atoms with van der Waals surface area (Å²) in [6.45, 7) is 0.505. The van der Waals surface area contributed by atoms with Gasteiger partial charge in [0.15, 0.2) is 0 Å². The van der Waals surface area contributed by atoms with Crippen molar-refractivity contribution in [1.82, 2.24) is 5.32 Å². The average Bonchev–Trinajstić information content (AvgIpc) is 2.85. The van der Waals surface area contributed by atoms with Gasteiger partial charge in [0.25, 0.3) is 0 Å². The fourth-order valence-corrected chi connectivity index (χ4v) is 2.64. The summed E-state index contributed by atoms with van der Waals surface area (Å²) in [6.07, 6.45) is 3.41. The van der Waals surface area contributed by atoms with E-state index in [2.05, 4.69) is 5.32 Å². The first-order valence-corrected chi connectivity index (χ1v) is 6.93. The second-order valence-electron chi connectivity index (χ2n) is 5.25. The minimum Gasteiger partial charge on any atom is -0.478 e. The number of carboxylic acid groups (broad SMARTS) is 1. The quantitative estimate of drug-likeness (QED) is 0.752. The number of amides is 1. The molecule has 1 aromatic rings. The van der Waals surface area contributed by atoms with E-state index in [1.807, 2.05) is 6.07 Å². The molecule has 2 atom stereocenters. The monoisotopic (exact) mass is 276 g/mol. The molecule has 0 aliphatic heterocycles. The highest BCUT2D eigenvalue weighted by Gasteiger charge is 2.29. The van der Waals surface area contributed by atoms with Crippen LogP contribution in [0.4, 0.5) is 0 Å². The number of carbonyl (C=O) groups excluding carboxylic acids is 1. The van der Waals surface area contributed by atoms with Crippen LogP contribution in [0.2, 0.25) is 0 Å². The molecule has 1 saturated carbocycles. The Kier molecular flexibility index (Phi) is 4.74. The minimum atomic E-state index is -0.937. The highest BCUT2D eigenvalue weighted by atomic mass is 16.4. The van der Waals surface area contributed by atoms with E-state index in [-0.39, 0.29) is 23.4 Å². The minimum absolute atomic E-state index is 0.0180. The van der Waals surface area contributed by atoms with Crippen molar-refractivity contribution in [3.05, 3.63) is 35.4 Å². The third kappa shape index (κ3) is 3.57. The number of aromatic carboxylic acids is 1. The number of benzene rings is 1. The topological polar surface area (TPSA) is 92.4 Å². The Morgan fingerprint density at radius 3 is 2.80 bits per heavy atom. The molecule has 20 heavy (non-hydrogen) atoms. The summed E-state index contributed by atoms with van der Waals surface area (Å²) in [7, 11) is 0.